The first-order chi connectivity index (χ1) is 13.3. The minimum atomic E-state index is -0.105. The van der Waals surface area contributed by atoms with Crippen molar-refractivity contribution in [2.45, 2.75) is 111 Å². The third-order valence-electron chi connectivity index (χ3n) is 8.47. The van der Waals surface area contributed by atoms with Crippen LogP contribution in [0, 0.1) is 35.0 Å². The van der Waals surface area contributed by atoms with Crippen LogP contribution in [-0.4, -0.2) is 11.2 Å². The topological polar surface area (TPSA) is 20.2 Å². The van der Waals surface area contributed by atoms with Crippen LogP contribution in [0.25, 0.3) is 0 Å². The minimum Gasteiger partial charge on any atom is -0.393 e. The molecule has 28 heavy (non-hydrogen) atoms. The van der Waals surface area contributed by atoms with Gasteiger partial charge in [0.2, 0.25) is 0 Å². The predicted molar refractivity (Wildman–Crippen MR) is 121 cm³/mol. The molecule has 0 amide bonds. The Morgan fingerprint density at radius 2 is 1.82 bits per heavy atom. The lowest BCUT2D eigenvalue weighted by molar-refractivity contribution is 0.104. The van der Waals surface area contributed by atoms with Crippen molar-refractivity contribution >= 4 is 0 Å². The molecule has 1 heteroatoms. The lowest BCUT2D eigenvalue weighted by Crippen LogP contribution is -2.41. The van der Waals surface area contributed by atoms with Gasteiger partial charge in [-0.1, -0.05) is 90.0 Å². The highest BCUT2D eigenvalue weighted by Crippen LogP contribution is 2.57. The molecule has 6 atom stereocenters. The molecule has 0 radical (unpaired) electrons. The molecule has 1 N–H and O–H groups in total. The van der Waals surface area contributed by atoms with E-state index in [2.05, 4.69) is 46.8 Å². The Kier molecular flexibility index (Phi) is 7.51. The molecular formula is C27H46O. The molecule has 3 aliphatic rings. The highest BCUT2D eigenvalue weighted by atomic mass is 16.3. The van der Waals surface area contributed by atoms with E-state index in [1.54, 1.807) is 11.1 Å². The van der Waals surface area contributed by atoms with Crippen molar-refractivity contribution in [3.63, 3.8) is 0 Å². The van der Waals surface area contributed by atoms with Crippen molar-refractivity contribution in [3.05, 3.63) is 23.3 Å². The summed E-state index contributed by atoms with van der Waals surface area (Å²) in [6.45, 7) is 12.1. The summed E-state index contributed by atoms with van der Waals surface area (Å²) >= 11 is 0. The number of hydrogen-bond donors (Lipinski definition) is 1. The number of fused-ring (bicyclic) bond motifs is 3. The second-order valence-electron chi connectivity index (χ2n) is 11.2. The first-order valence-electron chi connectivity index (χ1n) is 12.4. The van der Waals surface area contributed by atoms with Gasteiger partial charge in [0.15, 0.2) is 0 Å². The summed E-state index contributed by atoms with van der Waals surface area (Å²) in [7, 11) is 0. The maximum absolute atomic E-state index is 10.2. The number of aliphatic hydroxyl groups is 1. The molecule has 0 aromatic rings. The van der Waals surface area contributed by atoms with Crippen molar-refractivity contribution in [3.8, 4) is 0 Å². The molecule has 3 rings (SSSR count). The smallest absolute Gasteiger partial charge is 0.0578 e. The summed E-state index contributed by atoms with van der Waals surface area (Å²) in [5.74, 6) is 4.21. The summed E-state index contributed by atoms with van der Waals surface area (Å²) in [5.41, 5.74) is 3.55. The molecule has 0 saturated heterocycles. The van der Waals surface area contributed by atoms with E-state index in [1.165, 1.54) is 51.4 Å². The van der Waals surface area contributed by atoms with E-state index in [4.69, 9.17) is 0 Å². The monoisotopic (exact) mass is 386 g/mol. The van der Waals surface area contributed by atoms with E-state index in [9.17, 15) is 5.11 Å². The highest BCUT2D eigenvalue weighted by molar-refractivity contribution is 5.38. The van der Waals surface area contributed by atoms with Gasteiger partial charge in [0.25, 0.3) is 0 Å². The summed E-state index contributed by atoms with van der Waals surface area (Å²) in [5, 5.41) is 10.2. The first kappa shape index (κ1) is 22.1. The lowest BCUT2D eigenvalue weighted by Gasteiger charge is -2.51. The average Bonchev–Trinajstić information content (AvgIpc) is 2.63. The molecule has 0 bridgehead atoms. The summed E-state index contributed by atoms with van der Waals surface area (Å²) < 4.78 is 0. The van der Waals surface area contributed by atoms with Gasteiger partial charge in [0.05, 0.1) is 6.10 Å². The fourth-order valence-corrected chi connectivity index (χ4v) is 6.51. The summed E-state index contributed by atoms with van der Waals surface area (Å²) in [6.07, 6.45) is 19.0. The van der Waals surface area contributed by atoms with Crippen molar-refractivity contribution in [1.82, 2.24) is 0 Å². The maximum atomic E-state index is 10.2. The van der Waals surface area contributed by atoms with Gasteiger partial charge < -0.3 is 5.11 Å². The zero-order valence-electron chi connectivity index (χ0n) is 19.3. The van der Waals surface area contributed by atoms with Gasteiger partial charge in [-0.25, -0.2) is 0 Å². The normalized spacial score (nSPS) is 36.4. The Labute approximate surface area is 175 Å². The molecule has 3 aliphatic carbocycles. The maximum Gasteiger partial charge on any atom is 0.0578 e. The third-order valence-corrected chi connectivity index (χ3v) is 8.47. The first-order valence-corrected chi connectivity index (χ1v) is 12.4. The molecule has 1 saturated carbocycles. The zero-order chi connectivity index (χ0) is 20.3. The van der Waals surface area contributed by atoms with E-state index in [-0.39, 0.29) is 11.5 Å². The van der Waals surface area contributed by atoms with Crippen LogP contribution < -0.4 is 0 Å². The predicted octanol–water partition coefficient (Wildman–Crippen LogP) is 7.70. The number of hydrogen-bond acceptors (Lipinski definition) is 1. The largest absolute Gasteiger partial charge is 0.393 e. The fourth-order valence-electron chi connectivity index (χ4n) is 6.51. The lowest BCUT2D eigenvalue weighted by atomic mass is 9.54. The SMILES string of the molecule is CC(C)CCC[C@@H](C)CCC[C@@H]1[C@H](C)CC=C2[C@@H]1CC=C1C[C@@H](O)CC[C@@]12C. The van der Waals surface area contributed by atoms with E-state index >= 15 is 0 Å². The number of allylic oxidation sites excluding steroid dienone is 3. The fraction of sp³-hybridized carbons (Fsp3) is 0.852. The molecule has 0 aromatic heterocycles. The Balaban J connectivity index is 1.57. The summed E-state index contributed by atoms with van der Waals surface area (Å²) in [4.78, 5) is 0. The Morgan fingerprint density at radius 3 is 2.57 bits per heavy atom. The van der Waals surface area contributed by atoms with Crippen molar-refractivity contribution in [2.75, 3.05) is 0 Å². The minimum absolute atomic E-state index is 0.105. The summed E-state index contributed by atoms with van der Waals surface area (Å²) in [6, 6.07) is 0. The van der Waals surface area contributed by atoms with E-state index in [0.717, 1.165) is 48.9 Å². The van der Waals surface area contributed by atoms with E-state index in [0.29, 0.717) is 0 Å². The quantitative estimate of drug-likeness (QED) is 0.424. The van der Waals surface area contributed by atoms with Crippen LogP contribution in [0.15, 0.2) is 23.3 Å². The van der Waals surface area contributed by atoms with Crippen LogP contribution in [0.3, 0.4) is 0 Å². The van der Waals surface area contributed by atoms with Gasteiger partial charge in [-0.3, -0.25) is 0 Å². The second kappa shape index (κ2) is 9.50. The number of aliphatic hydroxyl groups excluding tert-OH is 1. The highest BCUT2D eigenvalue weighted by Gasteiger charge is 2.46. The van der Waals surface area contributed by atoms with Gasteiger partial charge >= 0.3 is 0 Å². The Bertz CT molecular complexity index is 571. The van der Waals surface area contributed by atoms with Gasteiger partial charge in [-0.15, -0.1) is 0 Å². The molecule has 0 aromatic carbocycles. The second-order valence-corrected chi connectivity index (χ2v) is 11.2. The van der Waals surface area contributed by atoms with Crippen LogP contribution in [-0.2, 0) is 0 Å². The Hall–Kier alpha value is -0.560. The van der Waals surface area contributed by atoms with Crippen molar-refractivity contribution in [1.29, 1.82) is 0 Å². The number of rotatable bonds is 8. The average molecular weight is 387 g/mol. The van der Waals surface area contributed by atoms with Gasteiger partial charge in [-0.05, 0) is 68.1 Å². The molecule has 0 spiro atoms. The molecular weight excluding hydrogens is 340 g/mol. The molecule has 160 valence electrons. The van der Waals surface area contributed by atoms with Crippen LogP contribution in [0.2, 0.25) is 0 Å². The van der Waals surface area contributed by atoms with Crippen LogP contribution in [0.1, 0.15) is 105 Å². The molecule has 0 aliphatic heterocycles. The van der Waals surface area contributed by atoms with Crippen molar-refractivity contribution in [2.24, 2.45) is 35.0 Å². The standard InChI is InChI=1S/C27H46O/c1-19(2)8-6-9-20(3)10-7-11-24-21(4)12-15-26-25(24)14-13-22-18-23(28)16-17-27(22,26)5/h13,15,19-21,23-25,28H,6-12,14,16-18H2,1-5H3/t20-,21-,23+,24-,25-,27+/m1/s1. The molecule has 1 nitrogen and oxygen atoms in total. The molecule has 0 heterocycles. The Morgan fingerprint density at radius 1 is 1.07 bits per heavy atom. The van der Waals surface area contributed by atoms with Crippen LogP contribution >= 0.6 is 0 Å². The zero-order valence-corrected chi connectivity index (χ0v) is 19.3. The van der Waals surface area contributed by atoms with Gasteiger partial charge in [-0.2, -0.15) is 0 Å². The van der Waals surface area contributed by atoms with Crippen LogP contribution in [0.5, 0.6) is 0 Å². The van der Waals surface area contributed by atoms with Gasteiger partial charge in [0.1, 0.15) is 0 Å². The van der Waals surface area contributed by atoms with Gasteiger partial charge in [0, 0.05) is 5.41 Å². The van der Waals surface area contributed by atoms with Crippen LogP contribution in [0.4, 0.5) is 0 Å². The van der Waals surface area contributed by atoms with E-state index < -0.39 is 0 Å². The van der Waals surface area contributed by atoms with E-state index in [1.807, 2.05) is 0 Å². The molecule has 0 unspecified atom stereocenters. The molecule has 1 fully saturated rings. The third kappa shape index (κ3) is 4.94. The van der Waals surface area contributed by atoms with Crippen molar-refractivity contribution < 1.29 is 5.11 Å².